The fraction of sp³-hybridized carbons (Fsp3) is 0.500. The van der Waals surface area contributed by atoms with Crippen LogP contribution < -0.4 is 4.74 Å². The maximum Gasteiger partial charge on any atom is 0.343 e. The number of rotatable bonds is 3. The fourth-order valence-corrected chi connectivity index (χ4v) is 0.647. The van der Waals surface area contributed by atoms with Crippen molar-refractivity contribution in [3.05, 3.63) is 6.33 Å². The molecule has 1 heterocycles. The third-order valence-electron chi connectivity index (χ3n) is 1.01. The predicted octanol–water partition coefficient (Wildman–Crippen LogP) is -0.193. The van der Waals surface area contributed by atoms with Crippen molar-refractivity contribution in [3.63, 3.8) is 0 Å². The number of aromatic nitrogens is 3. The Morgan fingerprint density at radius 1 is 1.75 bits per heavy atom. The van der Waals surface area contributed by atoms with E-state index in [0.29, 0.717) is 0 Å². The first-order valence-electron chi connectivity index (χ1n) is 3.29. The second-order valence-corrected chi connectivity index (χ2v) is 2.08. The average Bonchev–Trinajstić information content (AvgIpc) is 2.36. The minimum absolute atomic E-state index is 0.0413. The van der Waals surface area contributed by atoms with Crippen molar-refractivity contribution in [3.8, 4) is 6.01 Å². The molecule has 1 aromatic heterocycles. The molecule has 0 N–H and O–H groups in total. The number of ether oxygens (including phenoxy) is 2. The number of hydrogen-bond donors (Lipinski definition) is 0. The molecular weight excluding hydrogens is 162 g/mol. The lowest BCUT2D eigenvalue weighted by Crippen LogP contribution is -2.04. The predicted molar refractivity (Wildman–Crippen MR) is 38.3 cm³/mol. The van der Waals surface area contributed by atoms with Crippen LogP contribution in [0.1, 0.15) is 6.92 Å². The van der Waals surface area contributed by atoms with Gasteiger partial charge in [-0.2, -0.15) is 4.98 Å². The molecule has 0 fully saturated rings. The average molecular weight is 171 g/mol. The Morgan fingerprint density at radius 2 is 2.50 bits per heavy atom. The van der Waals surface area contributed by atoms with Crippen molar-refractivity contribution >= 4 is 5.97 Å². The summed E-state index contributed by atoms with van der Waals surface area (Å²) in [5, 5.41) is 3.78. The van der Waals surface area contributed by atoms with Crippen LogP contribution in [-0.2, 0) is 16.3 Å². The van der Waals surface area contributed by atoms with E-state index >= 15 is 0 Å². The Morgan fingerprint density at radius 3 is 3.08 bits per heavy atom. The van der Waals surface area contributed by atoms with Gasteiger partial charge in [-0.1, -0.05) is 0 Å². The highest BCUT2D eigenvalue weighted by Crippen LogP contribution is 1.99. The van der Waals surface area contributed by atoms with Gasteiger partial charge in [-0.05, 0) is 0 Å². The van der Waals surface area contributed by atoms with Crippen LogP contribution in [0.25, 0.3) is 0 Å². The molecule has 0 aliphatic heterocycles. The van der Waals surface area contributed by atoms with E-state index in [4.69, 9.17) is 4.74 Å². The molecule has 0 bridgehead atoms. The summed E-state index contributed by atoms with van der Waals surface area (Å²) < 4.78 is 10.8. The summed E-state index contributed by atoms with van der Waals surface area (Å²) in [6, 6.07) is 0.0413. The van der Waals surface area contributed by atoms with Crippen molar-refractivity contribution in [1.82, 2.24) is 14.8 Å². The van der Waals surface area contributed by atoms with Crippen LogP contribution in [0.5, 0.6) is 6.01 Å². The van der Waals surface area contributed by atoms with E-state index in [0.717, 1.165) is 0 Å². The highest BCUT2D eigenvalue weighted by Gasteiger charge is 2.03. The lowest BCUT2D eigenvalue weighted by Gasteiger charge is -1.95. The van der Waals surface area contributed by atoms with Gasteiger partial charge in [-0.15, -0.1) is 5.10 Å². The molecule has 0 spiro atoms. The van der Waals surface area contributed by atoms with Crippen molar-refractivity contribution < 1.29 is 14.3 Å². The summed E-state index contributed by atoms with van der Waals surface area (Å²) in [4.78, 5) is 14.1. The Labute approximate surface area is 69.1 Å². The molecule has 0 radical (unpaired) electrons. The van der Waals surface area contributed by atoms with Gasteiger partial charge >= 0.3 is 12.0 Å². The molecule has 1 aromatic rings. The van der Waals surface area contributed by atoms with Gasteiger partial charge in [0.25, 0.3) is 0 Å². The van der Waals surface area contributed by atoms with E-state index < -0.39 is 5.97 Å². The molecule has 66 valence electrons. The Kier molecular flexibility index (Phi) is 2.76. The summed E-state index contributed by atoms with van der Waals surface area (Å²) >= 11 is 0. The molecule has 0 aliphatic rings. The van der Waals surface area contributed by atoms with E-state index in [1.54, 1.807) is 0 Å². The van der Waals surface area contributed by atoms with Crippen LogP contribution in [0.4, 0.5) is 0 Å². The van der Waals surface area contributed by atoms with Crippen molar-refractivity contribution in [2.24, 2.45) is 0 Å². The smallest absolute Gasteiger partial charge is 0.343 e. The van der Waals surface area contributed by atoms with Crippen molar-refractivity contribution in [2.45, 2.75) is 13.7 Å². The molecule has 6 heteroatoms. The summed E-state index contributed by atoms with van der Waals surface area (Å²) in [6.07, 6.45) is 1.42. The lowest BCUT2D eigenvalue weighted by molar-refractivity contribution is -0.132. The molecule has 0 unspecified atom stereocenters. The minimum atomic E-state index is -0.440. The van der Waals surface area contributed by atoms with Crippen LogP contribution >= 0.6 is 0 Å². The van der Waals surface area contributed by atoms with Crippen molar-refractivity contribution in [1.29, 1.82) is 0 Å². The number of nitrogens with zero attached hydrogens (tertiary/aromatic N) is 3. The number of methoxy groups -OCH3 is 1. The topological polar surface area (TPSA) is 66.2 Å². The molecule has 0 saturated carbocycles. The number of carbonyl (C=O) groups excluding carboxylic acids is 1. The van der Waals surface area contributed by atoms with Gasteiger partial charge in [0.1, 0.15) is 13.1 Å². The van der Waals surface area contributed by atoms with Crippen LogP contribution in [0, 0.1) is 0 Å². The van der Waals surface area contributed by atoms with Crippen LogP contribution in [0.2, 0.25) is 0 Å². The van der Waals surface area contributed by atoms with Gasteiger partial charge in [0.15, 0.2) is 0 Å². The molecule has 0 amide bonds. The first-order chi connectivity index (χ1) is 5.72. The molecule has 12 heavy (non-hydrogen) atoms. The van der Waals surface area contributed by atoms with E-state index in [9.17, 15) is 4.79 Å². The summed E-state index contributed by atoms with van der Waals surface area (Å²) in [7, 11) is 1.53. The standard InChI is InChI=1S/C6H9N3O3/c1-5(10)12-6-7-3-9(8-6)4-11-2/h3H,4H2,1-2H3. The van der Waals surface area contributed by atoms with Gasteiger partial charge < -0.3 is 9.47 Å². The van der Waals surface area contributed by atoms with Gasteiger partial charge in [-0.25, -0.2) is 4.68 Å². The summed E-state index contributed by atoms with van der Waals surface area (Å²) in [5.41, 5.74) is 0. The molecule has 1 rings (SSSR count). The van der Waals surface area contributed by atoms with Crippen LogP contribution in [0.3, 0.4) is 0 Å². The quantitative estimate of drug-likeness (QED) is 0.589. The van der Waals surface area contributed by atoms with Gasteiger partial charge in [-0.3, -0.25) is 4.79 Å². The second kappa shape index (κ2) is 3.82. The molecule has 0 aromatic carbocycles. The summed E-state index contributed by atoms with van der Waals surface area (Å²) in [6.45, 7) is 1.57. The fourth-order valence-electron chi connectivity index (χ4n) is 0.647. The number of esters is 1. The second-order valence-electron chi connectivity index (χ2n) is 2.08. The van der Waals surface area contributed by atoms with E-state index in [-0.39, 0.29) is 12.7 Å². The first-order valence-corrected chi connectivity index (χ1v) is 3.29. The Bertz CT molecular complexity index is 271. The monoisotopic (exact) mass is 171 g/mol. The number of carbonyl (C=O) groups is 1. The maximum absolute atomic E-state index is 10.4. The molecule has 0 aliphatic carbocycles. The van der Waals surface area contributed by atoms with E-state index in [1.807, 2.05) is 0 Å². The van der Waals surface area contributed by atoms with Gasteiger partial charge in [0.2, 0.25) is 0 Å². The molecule has 6 nitrogen and oxygen atoms in total. The summed E-state index contributed by atoms with van der Waals surface area (Å²) in [5.74, 6) is -0.440. The Balaban J connectivity index is 2.58. The van der Waals surface area contributed by atoms with Gasteiger partial charge in [0.05, 0.1) is 0 Å². The molecule has 0 saturated heterocycles. The largest absolute Gasteiger partial charge is 0.390 e. The van der Waals surface area contributed by atoms with Crippen molar-refractivity contribution in [2.75, 3.05) is 7.11 Å². The van der Waals surface area contributed by atoms with E-state index in [2.05, 4.69) is 14.8 Å². The zero-order valence-electron chi connectivity index (χ0n) is 6.85. The highest BCUT2D eigenvalue weighted by molar-refractivity contribution is 5.68. The Hall–Kier alpha value is -1.43. The highest BCUT2D eigenvalue weighted by atomic mass is 16.5. The normalized spacial score (nSPS) is 9.83. The first kappa shape index (κ1) is 8.66. The lowest BCUT2D eigenvalue weighted by atomic mass is 10.8. The third kappa shape index (κ3) is 2.31. The van der Waals surface area contributed by atoms with Crippen LogP contribution in [-0.4, -0.2) is 27.8 Å². The maximum atomic E-state index is 10.4. The van der Waals surface area contributed by atoms with Gasteiger partial charge in [0, 0.05) is 14.0 Å². The zero-order chi connectivity index (χ0) is 8.97. The minimum Gasteiger partial charge on any atom is -0.390 e. The molecular formula is C6H9N3O3. The zero-order valence-corrected chi connectivity index (χ0v) is 6.85. The van der Waals surface area contributed by atoms with E-state index in [1.165, 1.54) is 25.0 Å². The number of hydrogen-bond acceptors (Lipinski definition) is 5. The van der Waals surface area contributed by atoms with Crippen LogP contribution in [0.15, 0.2) is 6.33 Å². The SMILES string of the molecule is COCn1cnc(OC(C)=O)n1. The third-order valence-corrected chi connectivity index (χ3v) is 1.01. The molecule has 0 atom stereocenters.